The van der Waals surface area contributed by atoms with Gasteiger partial charge in [-0.3, -0.25) is 9.69 Å². The Labute approximate surface area is 162 Å². The average Bonchev–Trinajstić information content (AvgIpc) is 3.02. The van der Waals surface area contributed by atoms with Crippen molar-refractivity contribution in [3.63, 3.8) is 0 Å². The summed E-state index contributed by atoms with van der Waals surface area (Å²) in [6.45, 7) is 14.4. The number of hydrogen-bond donors (Lipinski definition) is 1. The number of likely N-dealkylation sites (N-methyl/N-ethyl adjacent to an activating group) is 1. The van der Waals surface area contributed by atoms with Crippen LogP contribution in [0, 0.1) is 11.3 Å². The summed E-state index contributed by atoms with van der Waals surface area (Å²) in [5.74, 6) is 0.829. The molecule has 1 N–H and O–H groups in total. The van der Waals surface area contributed by atoms with E-state index in [2.05, 4.69) is 55.9 Å². The lowest BCUT2D eigenvalue weighted by Crippen LogP contribution is -2.51. The van der Waals surface area contributed by atoms with E-state index in [4.69, 9.17) is 0 Å². The lowest BCUT2D eigenvalue weighted by molar-refractivity contribution is 0.0907. The number of fused-ring (bicyclic) bond motifs is 1. The number of rotatable bonds is 4. The standard InChI is InChI=1S/C21H35N3OS/c1-15(24-10-8-23(5)9-11-24)14-22-20(25)19-13-16-12-17(21(2,3)4)6-7-18(16)26-19/h13,15,17H,6-12,14H2,1-5H3,(H,22,25). The van der Waals surface area contributed by atoms with Gasteiger partial charge in [-0.05, 0) is 56.2 Å². The van der Waals surface area contributed by atoms with E-state index in [1.807, 2.05) is 0 Å². The summed E-state index contributed by atoms with van der Waals surface area (Å²) in [7, 11) is 2.17. The molecule has 1 aliphatic heterocycles. The van der Waals surface area contributed by atoms with Gasteiger partial charge in [-0.25, -0.2) is 0 Å². The van der Waals surface area contributed by atoms with Crippen LogP contribution in [0.3, 0.4) is 0 Å². The van der Waals surface area contributed by atoms with Crippen LogP contribution in [0.4, 0.5) is 0 Å². The second-order valence-corrected chi connectivity index (χ2v) is 10.4. The van der Waals surface area contributed by atoms with Crippen molar-refractivity contribution in [2.24, 2.45) is 11.3 Å². The van der Waals surface area contributed by atoms with Crippen LogP contribution in [0.5, 0.6) is 0 Å². The summed E-state index contributed by atoms with van der Waals surface area (Å²) in [6, 6.07) is 2.56. The summed E-state index contributed by atoms with van der Waals surface area (Å²) in [5.41, 5.74) is 1.76. The van der Waals surface area contributed by atoms with Crippen LogP contribution in [-0.4, -0.2) is 61.5 Å². The fourth-order valence-corrected chi connectivity index (χ4v) is 5.22. The highest BCUT2D eigenvalue weighted by Gasteiger charge is 2.30. The molecule has 4 nitrogen and oxygen atoms in total. The molecule has 2 heterocycles. The molecule has 1 amide bonds. The Hall–Kier alpha value is -0.910. The molecule has 5 heteroatoms. The lowest BCUT2D eigenvalue weighted by atomic mass is 9.72. The molecule has 0 radical (unpaired) electrons. The number of piperazine rings is 1. The van der Waals surface area contributed by atoms with Crippen molar-refractivity contribution in [2.45, 2.75) is 53.0 Å². The van der Waals surface area contributed by atoms with E-state index in [9.17, 15) is 4.79 Å². The maximum absolute atomic E-state index is 12.7. The third-order valence-electron chi connectivity index (χ3n) is 6.25. The van der Waals surface area contributed by atoms with Gasteiger partial charge in [0.05, 0.1) is 4.88 Å². The van der Waals surface area contributed by atoms with Gasteiger partial charge in [0.1, 0.15) is 0 Å². The van der Waals surface area contributed by atoms with Gasteiger partial charge in [0.2, 0.25) is 0 Å². The first-order valence-electron chi connectivity index (χ1n) is 10.1. The Balaban J connectivity index is 1.54. The Morgan fingerprint density at radius 1 is 1.31 bits per heavy atom. The van der Waals surface area contributed by atoms with Crippen molar-refractivity contribution < 1.29 is 4.79 Å². The largest absolute Gasteiger partial charge is 0.350 e. The molecule has 26 heavy (non-hydrogen) atoms. The molecule has 0 spiro atoms. The minimum absolute atomic E-state index is 0.109. The van der Waals surface area contributed by atoms with E-state index in [0.29, 0.717) is 11.5 Å². The Morgan fingerprint density at radius 2 is 2.00 bits per heavy atom. The van der Waals surface area contributed by atoms with E-state index in [1.165, 1.54) is 16.9 Å². The average molecular weight is 378 g/mol. The van der Waals surface area contributed by atoms with Gasteiger partial charge in [-0.1, -0.05) is 20.8 Å². The smallest absolute Gasteiger partial charge is 0.261 e. The monoisotopic (exact) mass is 377 g/mol. The third-order valence-corrected chi connectivity index (χ3v) is 7.49. The minimum atomic E-state index is 0.109. The molecular formula is C21H35N3OS. The zero-order chi connectivity index (χ0) is 18.9. The van der Waals surface area contributed by atoms with Crippen LogP contribution < -0.4 is 5.32 Å². The minimum Gasteiger partial charge on any atom is -0.350 e. The van der Waals surface area contributed by atoms with Gasteiger partial charge in [-0.2, -0.15) is 0 Å². The van der Waals surface area contributed by atoms with E-state index >= 15 is 0 Å². The normalized spacial score (nSPS) is 23.5. The van der Waals surface area contributed by atoms with Gasteiger partial charge in [0.25, 0.3) is 5.91 Å². The summed E-state index contributed by atoms with van der Waals surface area (Å²) in [6.07, 6.45) is 3.51. The number of nitrogens with zero attached hydrogens (tertiary/aromatic N) is 2. The first kappa shape index (κ1) is 19.8. The van der Waals surface area contributed by atoms with Crippen LogP contribution in [-0.2, 0) is 12.8 Å². The van der Waals surface area contributed by atoms with Crippen LogP contribution in [0.1, 0.15) is 54.2 Å². The Morgan fingerprint density at radius 3 is 2.65 bits per heavy atom. The Bertz CT molecular complexity index is 626. The maximum Gasteiger partial charge on any atom is 0.261 e. The third kappa shape index (κ3) is 4.68. The molecule has 0 saturated carbocycles. The van der Waals surface area contributed by atoms with Crippen molar-refractivity contribution >= 4 is 17.2 Å². The van der Waals surface area contributed by atoms with Crippen LogP contribution in [0.25, 0.3) is 0 Å². The summed E-state index contributed by atoms with van der Waals surface area (Å²) in [4.78, 5) is 19.8. The second-order valence-electron chi connectivity index (χ2n) is 9.26. The predicted octanol–water partition coefficient (Wildman–Crippen LogP) is 3.26. The lowest BCUT2D eigenvalue weighted by Gasteiger charge is -2.36. The molecule has 2 unspecified atom stereocenters. The number of hydrogen-bond acceptors (Lipinski definition) is 4. The number of carbonyl (C=O) groups excluding carboxylic acids is 1. The molecule has 2 aliphatic rings. The molecule has 1 aromatic rings. The van der Waals surface area contributed by atoms with Gasteiger partial charge < -0.3 is 10.2 Å². The topological polar surface area (TPSA) is 35.6 Å². The molecule has 0 aromatic carbocycles. The van der Waals surface area contributed by atoms with Crippen LogP contribution >= 0.6 is 11.3 Å². The first-order chi connectivity index (χ1) is 12.2. The van der Waals surface area contributed by atoms with Gasteiger partial charge in [0.15, 0.2) is 0 Å². The summed E-state index contributed by atoms with van der Waals surface area (Å²) in [5, 5.41) is 3.17. The zero-order valence-electron chi connectivity index (χ0n) is 17.1. The van der Waals surface area contributed by atoms with E-state index < -0.39 is 0 Å². The summed E-state index contributed by atoms with van der Waals surface area (Å²) >= 11 is 1.71. The molecule has 1 fully saturated rings. The fourth-order valence-electron chi connectivity index (χ4n) is 4.09. The van der Waals surface area contributed by atoms with Gasteiger partial charge in [-0.15, -0.1) is 11.3 Å². The number of thiophene rings is 1. The second kappa shape index (κ2) is 7.99. The van der Waals surface area contributed by atoms with Crippen molar-refractivity contribution in [3.8, 4) is 0 Å². The molecule has 3 rings (SSSR count). The molecule has 2 atom stereocenters. The first-order valence-corrected chi connectivity index (χ1v) is 10.9. The molecule has 1 saturated heterocycles. The zero-order valence-corrected chi connectivity index (χ0v) is 17.9. The fraction of sp³-hybridized carbons (Fsp3) is 0.762. The van der Waals surface area contributed by atoms with Crippen molar-refractivity contribution in [2.75, 3.05) is 39.8 Å². The van der Waals surface area contributed by atoms with Crippen molar-refractivity contribution in [1.29, 1.82) is 0 Å². The van der Waals surface area contributed by atoms with E-state index in [1.54, 1.807) is 11.3 Å². The number of amides is 1. The molecule has 0 bridgehead atoms. The highest BCUT2D eigenvalue weighted by Crippen LogP contribution is 2.40. The maximum atomic E-state index is 12.7. The van der Waals surface area contributed by atoms with Crippen molar-refractivity contribution in [3.05, 3.63) is 21.4 Å². The molecule has 1 aliphatic carbocycles. The Kier molecular flexibility index (Phi) is 6.10. The van der Waals surface area contributed by atoms with Gasteiger partial charge >= 0.3 is 0 Å². The van der Waals surface area contributed by atoms with Crippen LogP contribution in [0.2, 0.25) is 0 Å². The SMILES string of the molecule is CC(CNC(=O)c1cc2c(s1)CCC(C(C)(C)C)C2)N1CCN(C)CC1. The molecule has 146 valence electrons. The van der Waals surface area contributed by atoms with E-state index in [0.717, 1.165) is 56.4 Å². The van der Waals surface area contributed by atoms with Crippen LogP contribution in [0.15, 0.2) is 6.07 Å². The summed E-state index contributed by atoms with van der Waals surface area (Å²) < 4.78 is 0. The molecule has 1 aromatic heterocycles. The van der Waals surface area contributed by atoms with E-state index in [-0.39, 0.29) is 5.91 Å². The number of aryl methyl sites for hydroxylation is 1. The van der Waals surface area contributed by atoms with Gasteiger partial charge in [0, 0.05) is 43.6 Å². The van der Waals surface area contributed by atoms with Crippen molar-refractivity contribution in [1.82, 2.24) is 15.1 Å². The predicted molar refractivity (Wildman–Crippen MR) is 110 cm³/mol. The highest BCUT2D eigenvalue weighted by molar-refractivity contribution is 7.14. The molecular weight excluding hydrogens is 342 g/mol. The number of nitrogens with one attached hydrogen (secondary N) is 1. The highest BCUT2D eigenvalue weighted by atomic mass is 32.1. The quantitative estimate of drug-likeness (QED) is 0.875. The number of carbonyl (C=O) groups is 1.